The standard InChI is InChI=1S/C23H31BrN2O3/c1-5-28-21-13-18(14-25-11-10-16(2)3)12-20(24)23(21)29-15-22(27)26-19-8-6-17(4)7-9-19/h6-9,12-13,16,25H,5,10-11,14-15H2,1-4H3,(H,26,27). The molecule has 2 aromatic carbocycles. The second kappa shape index (κ2) is 11.8. The summed E-state index contributed by atoms with van der Waals surface area (Å²) in [5, 5.41) is 6.28. The molecule has 2 N–H and O–H groups in total. The first kappa shape index (κ1) is 23.2. The van der Waals surface area contributed by atoms with Crippen molar-refractivity contribution in [3.05, 3.63) is 52.0 Å². The lowest BCUT2D eigenvalue weighted by Gasteiger charge is -2.16. The van der Waals surface area contributed by atoms with Gasteiger partial charge in [-0.2, -0.15) is 0 Å². The van der Waals surface area contributed by atoms with Crippen molar-refractivity contribution in [2.45, 2.75) is 40.7 Å². The third kappa shape index (κ3) is 8.07. The number of hydrogen-bond acceptors (Lipinski definition) is 4. The van der Waals surface area contributed by atoms with Gasteiger partial charge >= 0.3 is 0 Å². The minimum atomic E-state index is -0.220. The molecule has 29 heavy (non-hydrogen) atoms. The minimum absolute atomic E-state index is 0.0987. The van der Waals surface area contributed by atoms with E-state index in [1.165, 1.54) is 0 Å². The van der Waals surface area contributed by atoms with E-state index in [2.05, 4.69) is 40.4 Å². The molecule has 0 atom stereocenters. The number of carbonyl (C=O) groups excluding carboxylic acids is 1. The normalized spacial score (nSPS) is 10.8. The van der Waals surface area contributed by atoms with E-state index in [0.717, 1.165) is 40.8 Å². The molecule has 158 valence electrons. The fourth-order valence-corrected chi connectivity index (χ4v) is 3.33. The third-order valence-electron chi connectivity index (χ3n) is 4.28. The van der Waals surface area contributed by atoms with E-state index in [9.17, 15) is 4.79 Å². The summed E-state index contributed by atoms with van der Waals surface area (Å²) in [7, 11) is 0. The molecule has 0 bridgehead atoms. The lowest BCUT2D eigenvalue weighted by Crippen LogP contribution is -2.20. The zero-order valence-corrected chi connectivity index (χ0v) is 19.3. The monoisotopic (exact) mass is 462 g/mol. The number of aryl methyl sites for hydroxylation is 1. The molecule has 0 saturated carbocycles. The van der Waals surface area contributed by atoms with Gasteiger partial charge in [-0.15, -0.1) is 0 Å². The molecule has 5 nitrogen and oxygen atoms in total. The predicted molar refractivity (Wildman–Crippen MR) is 122 cm³/mol. The second-order valence-electron chi connectivity index (χ2n) is 7.40. The highest BCUT2D eigenvalue weighted by molar-refractivity contribution is 9.10. The van der Waals surface area contributed by atoms with Crippen molar-refractivity contribution in [3.8, 4) is 11.5 Å². The molecule has 0 fully saturated rings. The number of ether oxygens (including phenoxy) is 2. The van der Waals surface area contributed by atoms with Crippen molar-refractivity contribution >= 4 is 27.5 Å². The van der Waals surface area contributed by atoms with Crippen LogP contribution in [0.15, 0.2) is 40.9 Å². The van der Waals surface area contributed by atoms with Gasteiger partial charge in [0.2, 0.25) is 0 Å². The van der Waals surface area contributed by atoms with E-state index in [-0.39, 0.29) is 12.5 Å². The highest BCUT2D eigenvalue weighted by Crippen LogP contribution is 2.37. The van der Waals surface area contributed by atoms with Gasteiger partial charge in [-0.3, -0.25) is 4.79 Å². The van der Waals surface area contributed by atoms with Crippen LogP contribution >= 0.6 is 15.9 Å². The van der Waals surface area contributed by atoms with E-state index in [1.807, 2.05) is 50.2 Å². The first-order valence-corrected chi connectivity index (χ1v) is 10.8. The van der Waals surface area contributed by atoms with Gasteiger partial charge in [0.15, 0.2) is 18.1 Å². The molecule has 0 heterocycles. The Morgan fingerprint density at radius 3 is 2.52 bits per heavy atom. The number of anilines is 1. The van der Waals surface area contributed by atoms with E-state index in [0.29, 0.717) is 24.0 Å². The molecular weight excluding hydrogens is 432 g/mol. The van der Waals surface area contributed by atoms with Crippen LogP contribution in [0.1, 0.15) is 38.3 Å². The van der Waals surface area contributed by atoms with Crippen LogP contribution in [-0.2, 0) is 11.3 Å². The molecule has 0 saturated heterocycles. The molecule has 6 heteroatoms. The van der Waals surface area contributed by atoms with Gasteiger partial charge in [0.1, 0.15) is 0 Å². The van der Waals surface area contributed by atoms with Crippen LogP contribution in [0.5, 0.6) is 11.5 Å². The average Bonchev–Trinajstić information content (AvgIpc) is 2.66. The summed E-state index contributed by atoms with van der Waals surface area (Å²) < 4.78 is 12.3. The van der Waals surface area contributed by atoms with Crippen LogP contribution in [0.4, 0.5) is 5.69 Å². The Hall–Kier alpha value is -2.05. The number of benzene rings is 2. The molecule has 2 aromatic rings. The minimum Gasteiger partial charge on any atom is -0.490 e. The summed E-state index contributed by atoms with van der Waals surface area (Å²) in [5.41, 5.74) is 2.99. The van der Waals surface area contributed by atoms with Crippen molar-refractivity contribution < 1.29 is 14.3 Å². The van der Waals surface area contributed by atoms with Crippen LogP contribution < -0.4 is 20.1 Å². The van der Waals surface area contributed by atoms with Crippen molar-refractivity contribution in [2.24, 2.45) is 5.92 Å². The Bertz CT molecular complexity index is 791. The van der Waals surface area contributed by atoms with Crippen LogP contribution in [-0.4, -0.2) is 25.7 Å². The Labute approximate surface area is 182 Å². The van der Waals surface area contributed by atoms with E-state index in [1.54, 1.807) is 0 Å². The zero-order chi connectivity index (χ0) is 21.2. The Balaban J connectivity index is 1.98. The van der Waals surface area contributed by atoms with Crippen LogP contribution in [0.3, 0.4) is 0 Å². The maximum absolute atomic E-state index is 12.2. The zero-order valence-electron chi connectivity index (χ0n) is 17.7. The van der Waals surface area contributed by atoms with Crippen molar-refractivity contribution in [1.29, 1.82) is 0 Å². The molecule has 1 amide bonds. The SMILES string of the molecule is CCOc1cc(CNCCC(C)C)cc(Br)c1OCC(=O)Nc1ccc(C)cc1. The highest BCUT2D eigenvalue weighted by Gasteiger charge is 2.14. The number of halogens is 1. The molecule has 0 radical (unpaired) electrons. The summed E-state index contributed by atoms with van der Waals surface area (Å²) in [5.74, 6) is 1.63. The third-order valence-corrected chi connectivity index (χ3v) is 4.87. The van der Waals surface area contributed by atoms with Gasteiger partial charge in [0.25, 0.3) is 5.91 Å². The Morgan fingerprint density at radius 1 is 1.14 bits per heavy atom. The predicted octanol–water partition coefficient (Wildman–Crippen LogP) is 5.31. The summed E-state index contributed by atoms with van der Waals surface area (Å²) in [4.78, 5) is 12.2. The first-order valence-electron chi connectivity index (χ1n) is 10.0. The summed E-state index contributed by atoms with van der Waals surface area (Å²) in [6.07, 6.45) is 1.14. The maximum Gasteiger partial charge on any atom is 0.262 e. The molecule has 0 unspecified atom stereocenters. The number of rotatable bonds is 11. The van der Waals surface area contributed by atoms with Crippen LogP contribution in [0, 0.1) is 12.8 Å². The first-order chi connectivity index (χ1) is 13.9. The molecule has 0 aromatic heterocycles. The van der Waals surface area contributed by atoms with Gasteiger partial charge in [-0.05, 0) is 78.5 Å². The van der Waals surface area contributed by atoms with E-state index < -0.39 is 0 Å². The number of nitrogens with one attached hydrogen (secondary N) is 2. The smallest absolute Gasteiger partial charge is 0.262 e. The van der Waals surface area contributed by atoms with Crippen molar-refractivity contribution in [2.75, 3.05) is 25.1 Å². The highest BCUT2D eigenvalue weighted by atomic mass is 79.9. The molecule has 2 rings (SSSR count). The van der Waals surface area contributed by atoms with Crippen molar-refractivity contribution in [1.82, 2.24) is 5.32 Å². The number of amides is 1. The largest absolute Gasteiger partial charge is 0.490 e. The molecule has 0 aliphatic heterocycles. The van der Waals surface area contributed by atoms with Gasteiger partial charge in [0.05, 0.1) is 11.1 Å². The van der Waals surface area contributed by atoms with Gasteiger partial charge < -0.3 is 20.1 Å². The molecular formula is C23H31BrN2O3. The van der Waals surface area contributed by atoms with Gasteiger partial charge in [-0.1, -0.05) is 31.5 Å². The second-order valence-corrected chi connectivity index (χ2v) is 8.25. The fourth-order valence-electron chi connectivity index (χ4n) is 2.72. The fraction of sp³-hybridized carbons (Fsp3) is 0.435. The lowest BCUT2D eigenvalue weighted by atomic mass is 10.1. The van der Waals surface area contributed by atoms with E-state index in [4.69, 9.17) is 9.47 Å². The summed E-state index contributed by atoms with van der Waals surface area (Å²) in [6, 6.07) is 11.6. The molecule has 0 aliphatic rings. The Morgan fingerprint density at radius 2 is 1.86 bits per heavy atom. The lowest BCUT2D eigenvalue weighted by molar-refractivity contribution is -0.118. The molecule has 0 spiro atoms. The summed E-state index contributed by atoms with van der Waals surface area (Å²) in [6.45, 7) is 10.5. The van der Waals surface area contributed by atoms with E-state index >= 15 is 0 Å². The van der Waals surface area contributed by atoms with Crippen LogP contribution in [0.2, 0.25) is 0 Å². The number of hydrogen-bond donors (Lipinski definition) is 2. The van der Waals surface area contributed by atoms with Gasteiger partial charge in [-0.25, -0.2) is 0 Å². The maximum atomic E-state index is 12.2. The average molecular weight is 463 g/mol. The molecule has 0 aliphatic carbocycles. The van der Waals surface area contributed by atoms with Crippen LogP contribution in [0.25, 0.3) is 0 Å². The quantitative estimate of drug-likeness (QED) is 0.444. The topological polar surface area (TPSA) is 59.6 Å². The van der Waals surface area contributed by atoms with Gasteiger partial charge in [0, 0.05) is 12.2 Å². The summed E-state index contributed by atoms with van der Waals surface area (Å²) >= 11 is 3.56. The Kier molecular flexibility index (Phi) is 9.48. The number of carbonyl (C=O) groups is 1. The van der Waals surface area contributed by atoms with Crippen molar-refractivity contribution in [3.63, 3.8) is 0 Å².